The van der Waals surface area contributed by atoms with Crippen LogP contribution in [0.4, 0.5) is 5.13 Å². The highest BCUT2D eigenvalue weighted by atomic mass is 32.2. The van der Waals surface area contributed by atoms with Gasteiger partial charge in [0, 0.05) is 16.5 Å². The van der Waals surface area contributed by atoms with Crippen LogP contribution in [0.2, 0.25) is 0 Å². The minimum atomic E-state index is -1.48. The molecule has 4 N–H and O–H groups in total. The van der Waals surface area contributed by atoms with E-state index in [-0.39, 0.29) is 22.3 Å². The van der Waals surface area contributed by atoms with Crippen molar-refractivity contribution in [1.82, 2.24) is 19.6 Å². The van der Waals surface area contributed by atoms with Crippen LogP contribution < -0.4 is 20.7 Å². The maximum Gasteiger partial charge on any atom is 0.276 e. The lowest BCUT2D eigenvalue weighted by Crippen LogP contribution is -2.71. The van der Waals surface area contributed by atoms with Crippen molar-refractivity contribution in [2.45, 2.75) is 11.4 Å². The number of hydrogen-bond donors (Lipinski definition) is 3. The third-order valence-electron chi connectivity index (χ3n) is 5.44. The molecule has 1 saturated heterocycles. The zero-order chi connectivity index (χ0) is 24.9. The Labute approximate surface area is 209 Å². The second-order valence-corrected chi connectivity index (χ2v) is 10.5. The summed E-state index contributed by atoms with van der Waals surface area (Å²) < 4.78 is 3.88. The Bertz CT molecular complexity index is 1470. The Balaban J connectivity index is 1.36. The standard InChI is InChI=1S/C20H17N7O5S3/c1-25-4-12-26(8-25)10(6-33-12)3-2-9-5-34-18-14(17(29)27(18)15(9)19(30)31)23-16(28)13(24-32)11-7-35-20(21)22-11/h2-4,6-8,14,18H,5H2,1H3,(H4-,21,22,23,28,30,31,32)/b3-2+/t14-,18-/m1/s1. The lowest BCUT2D eigenvalue weighted by Gasteiger charge is -2.50. The van der Waals surface area contributed by atoms with Gasteiger partial charge in [-0.2, -0.15) is 4.40 Å². The molecule has 3 aromatic heterocycles. The number of carbonyl (C=O) groups excluding carboxylic acids is 3. The molecule has 1 fully saturated rings. The van der Waals surface area contributed by atoms with Gasteiger partial charge < -0.3 is 26.2 Å². The molecule has 0 bridgehead atoms. The van der Waals surface area contributed by atoms with Gasteiger partial charge in [-0.25, -0.2) is 9.55 Å². The van der Waals surface area contributed by atoms with Crippen molar-refractivity contribution in [2.75, 3.05) is 11.5 Å². The second kappa shape index (κ2) is 8.83. The molecule has 3 aromatic rings. The lowest BCUT2D eigenvalue weighted by atomic mass is 10.0. The molecule has 0 saturated carbocycles. The van der Waals surface area contributed by atoms with Crippen molar-refractivity contribution in [3.8, 4) is 0 Å². The minimum absolute atomic E-state index is 0.0639. The van der Waals surface area contributed by atoms with Crippen LogP contribution in [0.3, 0.4) is 0 Å². The third-order valence-corrected chi connectivity index (χ3v) is 8.32. The smallest absolute Gasteiger partial charge is 0.276 e. The number of amides is 2. The summed E-state index contributed by atoms with van der Waals surface area (Å²) in [6.45, 7) is 0. The summed E-state index contributed by atoms with van der Waals surface area (Å²) >= 11 is 3.92. The summed E-state index contributed by atoms with van der Waals surface area (Å²) in [5.41, 5.74) is 6.29. The molecule has 2 aliphatic heterocycles. The number of aliphatic carboxylic acids is 1. The molecular weight excluding hydrogens is 514 g/mol. The summed E-state index contributed by atoms with van der Waals surface area (Å²) in [6.07, 6.45) is 7.33. The molecule has 2 atom stereocenters. The zero-order valence-electron chi connectivity index (χ0n) is 17.9. The zero-order valence-corrected chi connectivity index (χ0v) is 20.4. The maximum absolute atomic E-state index is 12.9. The van der Waals surface area contributed by atoms with E-state index in [0.717, 1.165) is 26.8 Å². The number of aromatic nitrogens is 3. The highest BCUT2D eigenvalue weighted by Gasteiger charge is 2.53. The van der Waals surface area contributed by atoms with Gasteiger partial charge in [-0.1, -0.05) is 22.6 Å². The van der Waals surface area contributed by atoms with Gasteiger partial charge in [0.25, 0.3) is 11.8 Å². The van der Waals surface area contributed by atoms with Gasteiger partial charge in [-0.15, -0.1) is 23.1 Å². The number of fused-ring (bicyclic) bond motifs is 2. The lowest BCUT2D eigenvalue weighted by molar-refractivity contribution is -0.669. The van der Waals surface area contributed by atoms with Crippen LogP contribution in [0.5, 0.6) is 0 Å². The summed E-state index contributed by atoms with van der Waals surface area (Å²) in [6, 6.07) is -1.00. The normalized spacial score (nSPS) is 20.4. The summed E-state index contributed by atoms with van der Waals surface area (Å²) in [7, 11) is 1.91. The second-order valence-electron chi connectivity index (χ2n) is 7.65. The number of nitrogens with zero attached hydrogens (tertiary/aromatic N) is 5. The van der Waals surface area contributed by atoms with E-state index in [1.54, 1.807) is 23.5 Å². The molecule has 180 valence electrons. The molecule has 2 aliphatic rings. The number of thiazole rings is 2. The number of anilines is 1. The molecule has 15 heteroatoms. The molecule has 0 spiro atoms. The van der Waals surface area contributed by atoms with Crippen molar-refractivity contribution in [2.24, 2.45) is 12.2 Å². The van der Waals surface area contributed by atoms with Gasteiger partial charge >= 0.3 is 0 Å². The molecule has 5 rings (SSSR count). The van der Waals surface area contributed by atoms with Gasteiger partial charge in [0.1, 0.15) is 29.0 Å². The first-order valence-corrected chi connectivity index (χ1v) is 12.9. The van der Waals surface area contributed by atoms with E-state index in [1.165, 1.54) is 17.1 Å². The number of carboxylic acid groups (broad SMARTS) is 1. The number of imidazole rings is 1. The van der Waals surface area contributed by atoms with Crippen molar-refractivity contribution < 1.29 is 29.3 Å². The average molecular weight is 532 g/mol. The maximum atomic E-state index is 12.9. The SMILES string of the molecule is C[n+]1cc2scc(/C=C/C3=C(C(=O)[O-])N4C(=O)[C@@H](NC(=O)/C(=N\O)c5csc(N)n5)[C@H]4SC3)n2c1. The minimum Gasteiger partial charge on any atom is -0.543 e. The van der Waals surface area contributed by atoms with Crippen LogP contribution in [0, 0.1) is 0 Å². The Morgan fingerprint density at radius 2 is 2.17 bits per heavy atom. The van der Waals surface area contributed by atoms with Crippen LogP contribution in [0.15, 0.2) is 45.8 Å². The van der Waals surface area contributed by atoms with Gasteiger partial charge in [-0.3, -0.25) is 14.5 Å². The average Bonchev–Trinajstić information content (AvgIpc) is 3.51. The molecule has 35 heavy (non-hydrogen) atoms. The molecule has 0 radical (unpaired) electrons. The first-order valence-electron chi connectivity index (χ1n) is 10.0. The highest BCUT2D eigenvalue weighted by Crippen LogP contribution is 2.40. The summed E-state index contributed by atoms with van der Waals surface area (Å²) in [5, 5.41) is 29.6. The van der Waals surface area contributed by atoms with Gasteiger partial charge in [0.2, 0.25) is 11.2 Å². The fourth-order valence-electron chi connectivity index (χ4n) is 3.85. The van der Waals surface area contributed by atoms with Crippen LogP contribution in [0.1, 0.15) is 11.4 Å². The quantitative estimate of drug-likeness (QED) is 0.122. The predicted octanol–water partition coefficient (Wildman–Crippen LogP) is -0.840. The van der Waals surface area contributed by atoms with E-state index in [2.05, 4.69) is 15.5 Å². The summed E-state index contributed by atoms with van der Waals surface area (Å²) in [4.78, 5) is 43.5. The Morgan fingerprint density at radius 3 is 2.86 bits per heavy atom. The van der Waals surface area contributed by atoms with E-state index < -0.39 is 34.9 Å². The number of rotatable bonds is 6. The molecule has 5 heterocycles. The molecule has 2 amide bonds. The monoisotopic (exact) mass is 531 g/mol. The van der Waals surface area contributed by atoms with Gasteiger partial charge in [-0.05, 0) is 11.6 Å². The predicted molar refractivity (Wildman–Crippen MR) is 127 cm³/mol. The van der Waals surface area contributed by atoms with Crippen molar-refractivity contribution >= 4 is 74.0 Å². The Morgan fingerprint density at radius 1 is 1.37 bits per heavy atom. The topological polar surface area (TPSA) is 169 Å². The number of β-lactam (4-membered cyclic amide) rings is 1. The molecule has 12 nitrogen and oxygen atoms in total. The third kappa shape index (κ3) is 3.96. The van der Waals surface area contributed by atoms with Crippen molar-refractivity contribution in [3.63, 3.8) is 0 Å². The number of nitrogens with one attached hydrogen (secondary N) is 1. The van der Waals surface area contributed by atoms with E-state index in [1.807, 2.05) is 33.9 Å². The first kappa shape index (κ1) is 23.1. The largest absolute Gasteiger partial charge is 0.543 e. The number of nitrogens with two attached hydrogens (primary N) is 1. The highest BCUT2D eigenvalue weighted by molar-refractivity contribution is 8.00. The molecule has 0 aromatic carbocycles. The Hall–Kier alpha value is -3.69. The number of carbonyl (C=O) groups is 3. The molecule has 0 unspecified atom stereocenters. The van der Waals surface area contributed by atoms with Crippen LogP contribution >= 0.6 is 34.4 Å². The molecular formula is C20H17N7O5S3. The van der Waals surface area contributed by atoms with E-state index in [0.29, 0.717) is 5.57 Å². The van der Waals surface area contributed by atoms with E-state index in [9.17, 15) is 24.7 Å². The summed E-state index contributed by atoms with van der Waals surface area (Å²) in [5.74, 6) is -2.63. The number of thioether (sulfide) groups is 1. The number of hydrogen-bond acceptors (Lipinski definition) is 11. The van der Waals surface area contributed by atoms with Crippen molar-refractivity contribution in [3.05, 3.63) is 52.0 Å². The van der Waals surface area contributed by atoms with Crippen LogP contribution in [-0.4, -0.2) is 60.2 Å². The number of nitrogen functional groups attached to an aromatic ring is 1. The van der Waals surface area contributed by atoms with Crippen LogP contribution in [0.25, 0.3) is 10.9 Å². The first-order chi connectivity index (χ1) is 16.8. The van der Waals surface area contributed by atoms with Gasteiger partial charge in [0.15, 0.2) is 10.8 Å². The van der Waals surface area contributed by atoms with E-state index >= 15 is 0 Å². The van der Waals surface area contributed by atoms with Gasteiger partial charge in [0.05, 0.1) is 18.7 Å². The number of carboxylic acids is 1. The fourth-order valence-corrected chi connectivity index (χ4v) is 6.65. The molecule has 0 aliphatic carbocycles. The number of oxime groups is 1. The fraction of sp³-hybridized carbons (Fsp3) is 0.200. The number of aryl methyl sites for hydroxylation is 1. The number of allylic oxidation sites excluding steroid dienone is 1. The van der Waals surface area contributed by atoms with Crippen molar-refractivity contribution in [1.29, 1.82) is 0 Å². The Kier molecular flexibility index (Phi) is 5.82. The van der Waals surface area contributed by atoms with Crippen LogP contribution in [-0.2, 0) is 21.4 Å². The van der Waals surface area contributed by atoms with E-state index in [4.69, 9.17) is 5.73 Å².